The van der Waals surface area contributed by atoms with Crippen LogP contribution < -0.4 is 20.1 Å². The van der Waals surface area contributed by atoms with Crippen LogP contribution in [0.25, 0.3) is 0 Å². The van der Waals surface area contributed by atoms with Gasteiger partial charge >= 0.3 is 0 Å². The lowest BCUT2D eigenvalue weighted by Crippen LogP contribution is -2.34. The molecule has 1 amide bonds. The van der Waals surface area contributed by atoms with E-state index in [1.807, 2.05) is 24.3 Å². The van der Waals surface area contributed by atoms with Crippen LogP contribution in [0.2, 0.25) is 0 Å². The Hall–Kier alpha value is -1.87. The SMILES string of the molecule is CCCCCCOc1ccc(NC(=S)NC(=O)c2ccc(OC)c(I)c2)cc1. The van der Waals surface area contributed by atoms with E-state index in [1.165, 1.54) is 19.3 Å². The molecule has 0 aliphatic heterocycles. The number of methoxy groups -OCH3 is 1. The Bertz CT molecular complexity index is 797. The molecule has 0 heterocycles. The summed E-state index contributed by atoms with van der Waals surface area (Å²) in [5, 5.41) is 5.93. The monoisotopic (exact) mass is 512 g/mol. The number of unbranched alkanes of at least 4 members (excludes halogenated alkanes) is 3. The third-order valence-corrected chi connectivity index (χ3v) is 5.07. The molecule has 0 aliphatic carbocycles. The highest BCUT2D eigenvalue weighted by molar-refractivity contribution is 14.1. The first-order valence-electron chi connectivity index (χ1n) is 9.22. The fourth-order valence-corrected chi connectivity index (χ4v) is 3.44. The molecule has 0 saturated carbocycles. The second-order valence-corrected chi connectivity index (χ2v) is 7.76. The van der Waals surface area contributed by atoms with Gasteiger partial charge in [-0.2, -0.15) is 0 Å². The zero-order valence-electron chi connectivity index (χ0n) is 16.1. The highest BCUT2D eigenvalue weighted by Crippen LogP contribution is 2.21. The standard InChI is InChI=1S/C21H25IN2O3S/c1-3-4-5-6-13-27-17-10-8-16(9-11-17)23-21(28)24-20(25)15-7-12-19(26-2)18(22)14-15/h7-12,14H,3-6,13H2,1-2H3,(H2,23,24,25,28). The van der Waals surface area contributed by atoms with Gasteiger partial charge in [-0.25, -0.2) is 0 Å². The summed E-state index contributed by atoms with van der Waals surface area (Å²) in [7, 11) is 1.60. The average molecular weight is 512 g/mol. The fourth-order valence-electron chi connectivity index (χ4n) is 2.50. The summed E-state index contributed by atoms with van der Waals surface area (Å²) in [4.78, 5) is 12.3. The lowest BCUT2D eigenvalue weighted by atomic mass is 10.2. The molecule has 28 heavy (non-hydrogen) atoms. The molecule has 2 aromatic carbocycles. The summed E-state index contributed by atoms with van der Waals surface area (Å²) in [6, 6.07) is 12.7. The van der Waals surface area contributed by atoms with E-state index < -0.39 is 0 Å². The molecule has 0 fully saturated rings. The molecule has 0 atom stereocenters. The summed E-state index contributed by atoms with van der Waals surface area (Å²) in [6.45, 7) is 2.92. The van der Waals surface area contributed by atoms with Gasteiger partial charge in [-0.15, -0.1) is 0 Å². The van der Waals surface area contributed by atoms with Crippen molar-refractivity contribution in [3.8, 4) is 11.5 Å². The molecule has 0 unspecified atom stereocenters. The summed E-state index contributed by atoms with van der Waals surface area (Å²) >= 11 is 7.36. The Labute approximate surface area is 185 Å². The topological polar surface area (TPSA) is 59.6 Å². The van der Waals surface area contributed by atoms with Crippen molar-refractivity contribution >= 4 is 51.5 Å². The first-order chi connectivity index (χ1) is 13.5. The number of thiocarbonyl (C=S) groups is 1. The molecule has 5 nitrogen and oxygen atoms in total. The van der Waals surface area contributed by atoms with Gasteiger partial charge < -0.3 is 14.8 Å². The minimum atomic E-state index is -0.273. The number of amides is 1. The van der Waals surface area contributed by atoms with Crippen LogP contribution in [0.1, 0.15) is 43.0 Å². The van der Waals surface area contributed by atoms with E-state index in [0.29, 0.717) is 5.56 Å². The first-order valence-corrected chi connectivity index (χ1v) is 10.7. The number of carbonyl (C=O) groups is 1. The molecule has 0 bridgehead atoms. The largest absolute Gasteiger partial charge is 0.496 e. The Kier molecular flexibility index (Phi) is 9.49. The highest BCUT2D eigenvalue weighted by Gasteiger charge is 2.10. The Morgan fingerprint density at radius 1 is 1.11 bits per heavy atom. The van der Waals surface area contributed by atoms with E-state index in [0.717, 1.165) is 33.8 Å². The lowest BCUT2D eigenvalue weighted by Gasteiger charge is -2.11. The lowest BCUT2D eigenvalue weighted by molar-refractivity contribution is 0.0977. The van der Waals surface area contributed by atoms with Crippen LogP contribution in [0.15, 0.2) is 42.5 Å². The van der Waals surface area contributed by atoms with Crippen LogP contribution in [-0.2, 0) is 0 Å². The normalized spacial score (nSPS) is 10.2. The molecular weight excluding hydrogens is 487 g/mol. The molecule has 2 rings (SSSR count). The quantitative estimate of drug-likeness (QED) is 0.268. The number of benzene rings is 2. The number of hydrogen-bond donors (Lipinski definition) is 2. The van der Waals surface area contributed by atoms with Gasteiger partial charge in [-0.1, -0.05) is 26.2 Å². The van der Waals surface area contributed by atoms with Crippen molar-refractivity contribution in [2.45, 2.75) is 32.6 Å². The number of rotatable bonds is 9. The molecular formula is C21H25IN2O3S. The number of hydrogen-bond acceptors (Lipinski definition) is 4. The number of carbonyl (C=O) groups excluding carboxylic acids is 1. The molecule has 0 aromatic heterocycles. The van der Waals surface area contributed by atoms with Crippen molar-refractivity contribution < 1.29 is 14.3 Å². The zero-order valence-corrected chi connectivity index (χ0v) is 19.1. The van der Waals surface area contributed by atoms with E-state index in [9.17, 15) is 4.79 Å². The van der Waals surface area contributed by atoms with Crippen LogP contribution in [0.4, 0.5) is 5.69 Å². The molecule has 0 spiro atoms. The van der Waals surface area contributed by atoms with E-state index >= 15 is 0 Å². The van der Waals surface area contributed by atoms with Gasteiger partial charge in [0.25, 0.3) is 5.91 Å². The van der Waals surface area contributed by atoms with Crippen LogP contribution in [-0.4, -0.2) is 24.7 Å². The van der Waals surface area contributed by atoms with Crippen LogP contribution in [0.5, 0.6) is 11.5 Å². The van der Waals surface area contributed by atoms with Crippen molar-refractivity contribution in [2.75, 3.05) is 19.0 Å². The van der Waals surface area contributed by atoms with E-state index in [4.69, 9.17) is 21.7 Å². The molecule has 7 heteroatoms. The Balaban J connectivity index is 1.82. The predicted molar refractivity (Wildman–Crippen MR) is 125 cm³/mol. The van der Waals surface area contributed by atoms with Crippen molar-refractivity contribution in [3.63, 3.8) is 0 Å². The van der Waals surface area contributed by atoms with E-state index in [2.05, 4.69) is 40.1 Å². The second-order valence-electron chi connectivity index (χ2n) is 6.19. The van der Waals surface area contributed by atoms with E-state index in [1.54, 1.807) is 25.3 Å². The number of halogens is 1. The van der Waals surface area contributed by atoms with Crippen molar-refractivity contribution in [1.29, 1.82) is 0 Å². The van der Waals surface area contributed by atoms with Gasteiger partial charge in [0.15, 0.2) is 5.11 Å². The maximum Gasteiger partial charge on any atom is 0.257 e. The molecule has 0 aliphatic rings. The summed E-state index contributed by atoms with van der Waals surface area (Å²) in [5.41, 5.74) is 1.30. The van der Waals surface area contributed by atoms with Gasteiger partial charge in [0.1, 0.15) is 11.5 Å². The highest BCUT2D eigenvalue weighted by atomic mass is 127. The number of anilines is 1. The minimum Gasteiger partial charge on any atom is -0.496 e. The maximum absolute atomic E-state index is 12.3. The predicted octanol–water partition coefficient (Wildman–Crippen LogP) is 5.39. The minimum absolute atomic E-state index is 0.240. The van der Waals surface area contributed by atoms with Gasteiger partial charge in [0.05, 0.1) is 17.3 Å². The van der Waals surface area contributed by atoms with Gasteiger partial charge in [-0.3, -0.25) is 10.1 Å². The summed E-state index contributed by atoms with van der Waals surface area (Å²) < 4.78 is 11.8. The van der Waals surface area contributed by atoms with E-state index in [-0.39, 0.29) is 11.0 Å². The van der Waals surface area contributed by atoms with Crippen molar-refractivity contribution in [1.82, 2.24) is 5.32 Å². The molecule has 150 valence electrons. The molecule has 2 aromatic rings. The Morgan fingerprint density at radius 3 is 2.50 bits per heavy atom. The summed E-state index contributed by atoms with van der Waals surface area (Å²) in [6.07, 6.45) is 4.71. The Morgan fingerprint density at radius 2 is 1.86 bits per heavy atom. The third-order valence-electron chi connectivity index (χ3n) is 4.02. The van der Waals surface area contributed by atoms with Crippen molar-refractivity contribution in [2.24, 2.45) is 0 Å². The fraction of sp³-hybridized carbons (Fsp3) is 0.333. The second kappa shape index (κ2) is 11.9. The van der Waals surface area contributed by atoms with Crippen LogP contribution >= 0.6 is 34.8 Å². The maximum atomic E-state index is 12.3. The third kappa shape index (κ3) is 7.27. The van der Waals surface area contributed by atoms with Gasteiger partial charge in [-0.05, 0) is 83.7 Å². The van der Waals surface area contributed by atoms with Crippen LogP contribution in [0.3, 0.4) is 0 Å². The van der Waals surface area contributed by atoms with Gasteiger partial charge in [0.2, 0.25) is 0 Å². The number of nitrogens with one attached hydrogen (secondary N) is 2. The smallest absolute Gasteiger partial charge is 0.257 e. The zero-order chi connectivity index (χ0) is 20.4. The van der Waals surface area contributed by atoms with Gasteiger partial charge in [0, 0.05) is 11.3 Å². The molecule has 2 N–H and O–H groups in total. The average Bonchev–Trinajstić information content (AvgIpc) is 2.69. The van der Waals surface area contributed by atoms with Crippen LogP contribution in [0, 0.1) is 3.57 Å². The first kappa shape index (κ1) is 22.4. The molecule has 0 saturated heterocycles. The van der Waals surface area contributed by atoms with Crippen molar-refractivity contribution in [3.05, 3.63) is 51.6 Å². The summed E-state index contributed by atoms with van der Waals surface area (Å²) in [5.74, 6) is 1.28. The molecule has 0 radical (unpaired) electrons. The number of ether oxygens (including phenoxy) is 2.